The lowest BCUT2D eigenvalue weighted by molar-refractivity contribution is -0.204. The van der Waals surface area contributed by atoms with Gasteiger partial charge in [-0.05, 0) is 6.92 Å². The Kier molecular flexibility index (Phi) is 7.38. The maximum Gasteiger partial charge on any atom is 0.320 e. The first kappa shape index (κ1) is 26.2. The van der Waals surface area contributed by atoms with Crippen LogP contribution in [-0.4, -0.2) is 74.3 Å². The quantitative estimate of drug-likeness (QED) is 0.322. The van der Waals surface area contributed by atoms with Crippen LogP contribution in [-0.2, 0) is 28.1 Å². The molecule has 2 aliphatic heterocycles. The van der Waals surface area contributed by atoms with Crippen LogP contribution in [0.25, 0.3) is 11.2 Å². The van der Waals surface area contributed by atoms with Gasteiger partial charge >= 0.3 is 12.0 Å². The fraction of sp³-hybridized carbons (Fsp3) is 0.409. The largest absolute Gasteiger partial charge is 0.778 e. The highest BCUT2D eigenvalue weighted by atomic mass is 31.2. The van der Waals surface area contributed by atoms with Crippen LogP contribution in [0, 0.1) is 0 Å². The van der Waals surface area contributed by atoms with Crippen LogP contribution in [0.2, 0.25) is 0 Å². The summed E-state index contributed by atoms with van der Waals surface area (Å²) in [6.07, 6.45) is -2.52. The Bertz CT molecular complexity index is 1370. The van der Waals surface area contributed by atoms with E-state index < -0.39 is 63.2 Å². The lowest BCUT2D eigenvalue weighted by Gasteiger charge is -2.25. The number of amides is 2. The molecule has 2 aromatic heterocycles. The zero-order chi connectivity index (χ0) is 26.9. The number of nitrogens with one attached hydrogen (secondary N) is 2. The topological polar surface area (TPSA) is 199 Å². The Morgan fingerprint density at radius 2 is 1.92 bits per heavy atom. The first-order chi connectivity index (χ1) is 18.3. The molecule has 0 bridgehead atoms. The second-order valence-corrected chi connectivity index (χ2v) is 10.3. The van der Waals surface area contributed by atoms with Gasteiger partial charge in [0, 0.05) is 12.1 Å². The van der Waals surface area contributed by atoms with E-state index in [-0.39, 0.29) is 5.82 Å². The minimum Gasteiger partial charge on any atom is -0.778 e. The number of carboxylic acids is 1. The molecule has 38 heavy (non-hydrogen) atoms. The van der Waals surface area contributed by atoms with E-state index >= 15 is 0 Å². The number of carbonyl (C=O) groups excluding carboxylic acids is 1. The maximum atomic E-state index is 12.1. The summed E-state index contributed by atoms with van der Waals surface area (Å²) in [7, 11) is -4.67. The summed E-state index contributed by atoms with van der Waals surface area (Å²) >= 11 is 0. The highest BCUT2D eigenvalue weighted by molar-refractivity contribution is 7.52. The number of imidazole rings is 1. The number of aliphatic carboxylic acids is 1. The number of aromatic nitrogens is 4. The smallest absolute Gasteiger partial charge is 0.320 e. The molecule has 3 aromatic rings. The number of nitrogens with zero attached hydrogens (tertiary/aromatic N) is 4. The summed E-state index contributed by atoms with van der Waals surface area (Å²) in [5, 5.41) is 14.1. The van der Waals surface area contributed by atoms with Crippen molar-refractivity contribution in [3.63, 3.8) is 0 Å². The molecule has 2 amide bonds. The third-order valence-corrected chi connectivity index (χ3v) is 7.09. The lowest BCUT2D eigenvalue weighted by Crippen LogP contribution is -2.32. The molecule has 2 fully saturated rings. The predicted octanol–water partition coefficient (Wildman–Crippen LogP) is 1.00. The van der Waals surface area contributed by atoms with Crippen LogP contribution in [0.3, 0.4) is 0 Å². The van der Waals surface area contributed by atoms with E-state index in [0.717, 1.165) is 5.56 Å². The average molecular weight is 547 g/mol. The molecular weight excluding hydrogens is 523 g/mol. The normalized spacial score (nSPS) is 26.1. The van der Waals surface area contributed by atoms with Crippen molar-refractivity contribution in [3.05, 3.63) is 48.5 Å². The van der Waals surface area contributed by atoms with Gasteiger partial charge < -0.3 is 38.6 Å². The van der Waals surface area contributed by atoms with Crippen molar-refractivity contribution < 1.29 is 42.9 Å². The molecule has 16 heteroatoms. The molecule has 2 aliphatic rings. The molecule has 2 saturated heterocycles. The summed E-state index contributed by atoms with van der Waals surface area (Å²) in [4.78, 5) is 47.7. The number of rotatable bonds is 9. The molecule has 15 nitrogen and oxygen atoms in total. The monoisotopic (exact) mass is 547 g/mol. The van der Waals surface area contributed by atoms with Crippen molar-refractivity contribution in [2.24, 2.45) is 0 Å². The summed E-state index contributed by atoms with van der Waals surface area (Å²) in [6.45, 7) is 1.71. The second kappa shape index (κ2) is 10.7. The lowest BCUT2D eigenvalue weighted by atomic mass is 10.1. The van der Waals surface area contributed by atoms with Crippen molar-refractivity contribution in [2.45, 2.75) is 37.8 Å². The van der Waals surface area contributed by atoms with E-state index in [2.05, 4.69) is 25.6 Å². The minimum atomic E-state index is -4.67. The first-order valence-electron chi connectivity index (χ1n) is 11.7. The molecule has 2 unspecified atom stereocenters. The van der Waals surface area contributed by atoms with Crippen molar-refractivity contribution >= 4 is 36.6 Å². The van der Waals surface area contributed by atoms with E-state index in [1.807, 2.05) is 30.3 Å². The number of hydrogen-bond acceptors (Lipinski definition) is 11. The van der Waals surface area contributed by atoms with E-state index in [1.165, 1.54) is 12.7 Å². The van der Waals surface area contributed by atoms with Gasteiger partial charge in [-0.15, -0.1) is 0 Å². The van der Waals surface area contributed by atoms with Gasteiger partial charge in [-0.25, -0.2) is 19.7 Å². The van der Waals surface area contributed by atoms with E-state index in [4.69, 9.17) is 23.8 Å². The molecule has 3 N–H and O–H groups in total. The van der Waals surface area contributed by atoms with E-state index in [9.17, 15) is 19.0 Å². The van der Waals surface area contributed by atoms with E-state index in [0.29, 0.717) is 17.7 Å². The fourth-order valence-corrected chi connectivity index (χ4v) is 5.10. The summed E-state index contributed by atoms with van der Waals surface area (Å²) < 4.78 is 37.0. The number of hydrogen-bond donors (Lipinski definition) is 3. The van der Waals surface area contributed by atoms with Crippen LogP contribution in [0.4, 0.5) is 10.6 Å². The third kappa shape index (κ3) is 5.38. The second-order valence-electron chi connectivity index (χ2n) is 8.50. The Labute approximate surface area is 215 Å². The van der Waals surface area contributed by atoms with Crippen LogP contribution >= 0.6 is 7.60 Å². The highest BCUT2D eigenvalue weighted by Crippen LogP contribution is 2.46. The number of carbonyl (C=O) groups is 2. The maximum absolute atomic E-state index is 12.1. The summed E-state index contributed by atoms with van der Waals surface area (Å²) in [5.74, 6) is -1.35. The molecule has 0 radical (unpaired) electrons. The highest BCUT2D eigenvalue weighted by Gasteiger charge is 2.54. The van der Waals surface area contributed by atoms with Crippen LogP contribution in [0.15, 0.2) is 43.0 Å². The number of carboxylic acid groups (broad SMARTS) is 1. The van der Waals surface area contributed by atoms with Gasteiger partial charge in [0.05, 0.1) is 12.9 Å². The number of ether oxygens (including phenoxy) is 3. The van der Waals surface area contributed by atoms with Gasteiger partial charge in [0.1, 0.15) is 38.4 Å². The molecule has 0 saturated carbocycles. The molecule has 0 spiro atoms. The molecule has 4 heterocycles. The van der Waals surface area contributed by atoms with Crippen LogP contribution in [0.1, 0.15) is 25.0 Å². The Morgan fingerprint density at radius 3 is 2.66 bits per heavy atom. The van der Waals surface area contributed by atoms with Crippen molar-refractivity contribution in [1.29, 1.82) is 0 Å². The number of urea groups is 1. The van der Waals surface area contributed by atoms with E-state index in [1.54, 1.807) is 11.5 Å². The Balaban J connectivity index is 1.43. The van der Waals surface area contributed by atoms with Gasteiger partial charge in [-0.2, -0.15) is 0 Å². The Morgan fingerprint density at radius 1 is 1.16 bits per heavy atom. The van der Waals surface area contributed by atoms with Gasteiger partial charge in [0.25, 0.3) is 0 Å². The molecule has 6 atom stereocenters. The first-order valence-corrected chi connectivity index (χ1v) is 13.4. The van der Waals surface area contributed by atoms with Crippen molar-refractivity contribution in [3.8, 4) is 0 Å². The average Bonchev–Trinajstić information content (AvgIpc) is 3.57. The summed E-state index contributed by atoms with van der Waals surface area (Å²) in [6, 6.07) is 8.69. The predicted molar refractivity (Wildman–Crippen MR) is 127 cm³/mol. The van der Waals surface area contributed by atoms with Crippen LogP contribution < -0.4 is 15.5 Å². The van der Waals surface area contributed by atoms with Crippen molar-refractivity contribution in [1.82, 2.24) is 24.8 Å². The zero-order valence-corrected chi connectivity index (χ0v) is 20.9. The van der Waals surface area contributed by atoms with Gasteiger partial charge in [-0.1, -0.05) is 30.3 Å². The molecular formula is C22H24N6O9P-. The van der Waals surface area contributed by atoms with Gasteiger partial charge in [0.2, 0.25) is 0 Å². The van der Waals surface area contributed by atoms with Crippen LogP contribution in [0.5, 0.6) is 0 Å². The van der Waals surface area contributed by atoms with Gasteiger partial charge in [-0.3, -0.25) is 14.7 Å². The Hall–Kier alpha value is -3.46. The number of benzene rings is 1. The number of fused-ring (bicyclic) bond motifs is 2. The standard InChI is InChI=1S/C22H25N6O9P/c1-2-23-22(31)27-18-15-19(25-10-24-18)28(11-26-15)20-17-16(36-21(37-17)12-6-4-3-5-7-12)13(35-20)8-34-38(32,33)9-14(29)30/h3-7,10-11,13,16-17,20-21H,2,8-9H2,1H3,(H,29,30)(H,32,33)(H2,23,24,25,27,31)/p-1/t13-,16?,17+,20-,21-/m1/s1. The minimum absolute atomic E-state index is 0.181. The zero-order valence-electron chi connectivity index (χ0n) is 20.0. The number of anilines is 1. The third-order valence-electron chi connectivity index (χ3n) is 5.89. The fourth-order valence-electron chi connectivity index (χ4n) is 4.30. The van der Waals surface area contributed by atoms with Crippen molar-refractivity contribution in [2.75, 3.05) is 24.6 Å². The summed E-state index contributed by atoms with van der Waals surface area (Å²) in [5.41, 5.74) is 1.36. The SMILES string of the molecule is CCNC(=O)Nc1ncnc2c1ncn2[C@@H]1O[C@H](COP(=O)([O-])CC(=O)O)C2O[C@@H](c3ccccc3)O[C@@H]21. The van der Waals surface area contributed by atoms with Gasteiger partial charge in [0.15, 0.2) is 29.5 Å². The molecule has 202 valence electrons. The molecule has 5 rings (SSSR count). The molecule has 0 aliphatic carbocycles. The molecule has 1 aromatic carbocycles.